The first-order valence-electron chi connectivity index (χ1n) is 5.14. The van der Waals surface area contributed by atoms with Gasteiger partial charge in [0.1, 0.15) is 11.5 Å². The standard InChI is InChI=1S/C12H6Br2Cl2O3S/c13-7-1-3-12(10(15)5-7)19-11-4-2-8(6-9(11)14)20(16,17)18/h1-6H. The fourth-order valence-corrected chi connectivity index (χ4v) is 3.49. The van der Waals surface area contributed by atoms with Crippen LogP contribution in [0.25, 0.3) is 0 Å². The Bertz CT molecular complexity index is 763. The Labute approximate surface area is 142 Å². The summed E-state index contributed by atoms with van der Waals surface area (Å²) in [6.45, 7) is 0. The Hall–Kier alpha value is -0.270. The molecule has 0 fully saturated rings. The van der Waals surface area contributed by atoms with E-state index < -0.39 is 9.05 Å². The molecule has 0 aliphatic carbocycles. The minimum atomic E-state index is -3.77. The monoisotopic (exact) mass is 458 g/mol. The lowest BCUT2D eigenvalue weighted by Gasteiger charge is -2.10. The lowest BCUT2D eigenvalue weighted by Crippen LogP contribution is -1.92. The molecule has 0 spiro atoms. The normalized spacial score (nSPS) is 11.4. The maximum Gasteiger partial charge on any atom is 0.261 e. The molecule has 2 aromatic rings. The molecule has 3 nitrogen and oxygen atoms in total. The first-order valence-corrected chi connectivity index (χ1v) is 9.42. The highest BCUT2D eigenvalue weighted by atomic mass is 79.9. The largest absolute Gasteiger partial charge is 0.455 e. The van der Waals surface area contributed by atoms with Crippen LogP contribution in [-0.4, -0.2) is 8.42 Å². The molecule has 0 bridgehead atoms. The van der Waals surface area contributed by atoms with Crippen LogP contribution in [0.1, 0.15) is 0 Å². The molecule has 0 heterocycles. The van der Waals surface area contributed by atoms with Crippen LogP contribution in [-0.2, 0) is 9.05 Å². The summed E-state index contributed by atoms with van der Waals surface area (Å²) < 4.78 is 29.4. The summed E-state index contributed by atoms with van der Waals surface area (Å²) in [5.74, 6) is 0.885. The molecule has 0 unspecified atom stereocenters. The third-order valence-corrected chi connectivity index (χ3v) is 5.06. The molecule has 0 amide bonds. The van der Waals surface area contributed by atoms with Gasteiger partial charge in [0.15, 0.2) is 0 Å². The van der Waals surface area contributed by atoms with E-state index in [2.05, 4.69) is 31.9 Å². The van der Waals surface area contributed by atoms with Gasteiger partial charge < -0.3 is 4.74 Å². The Morgan fingerprint density at radius 3 is 2.20 bits per heavy atom. The summed E-state index contributed by atoms with van der Waals surface area (Å²) >= 11 is 12.6. The highest BCUT2D eigenvalue weighted by Gasteiger charge is 2.13. The van der Waals surface area contributed by atoms with Crippen molar-refractivity contribution in [2.24, 2.45) is 0 Å². The molecule has 106 valence electrons. The molecule has 0 saturated heterocycles. The van der Waals surface area contributed by atoms with Gasteiger partial charge in [-0.15, -0.1) is 0 Å². The summed E-state index contributed by atoms with van der Waals surface area (Å²) in [6, 6.07) is 9.40. The van der Waals surface area contributed by atoms with Crippen LogP contribution in [0.15, 0.2) is 50.2 Å². The third-order valence-electron chi connectivity index (χ3n) is 2.30. The second kappa shape index (κ2) is 6.23. The van der Waals surface area contributed by atoms with Crippen molar-refractivity contribution in [2.75, 3.05) is 0 Å². The molecule has 0 aliphatic rings. The molecule has 20 heavy (non-hydrogen) atoms. The maximum absolute atomic E-state index is 11.2. The van der Waals surface area contributed by atoms with Crippen molar-refractivity contribution < 1.29 is 13.2 Å². The zero-order valence-corrected chi connectivity index (χ0v) is 15.1. The Balaban J connectivity index is 2.35. The van der Waals surface area contributed by atoms with E-state index in [1.807, 2.05) is 0 Å². The Morgan fingerprint density at radius 1 is 1.00 bits per heavy atom. The lowest BCUT2D eigenvalue weighted by atomic mass is 10.3. The van der Waals surface area contributed by atoms with Gasteiger partial charge in [0.2, 0.25) is 0 Å². The van der Waals surface area contributed by atoms with Crippen LogP contribution in [0.5, 0.6) is 11.5 Å². The van der Waals surface area contributed by atoms with Gasteiger partial charge in [-0.25, -0.2) is 8.42 Å². The van der Waals surface area contributed by atoms with Crippen LogP contribution >= 0.6 is 54.1 Å². The molecule has 0 saturated carbocycles. The summed E-state index contributed by atoms with van der Waals surface area (Å²) in [7, 11) is 1.50. The van der Waals surface area contributed by atoms with Gasteiger partial charge in [-0.2, -0.15) is 0 Å². The third kappa shape index (κ3) is 3.89. The van der Waals surface area contributed by atoms with E-state index >= 15 is 0 Å². The first-order chi connectivity index (χ1) is 9.27. The smallest absolute Gasteiger partial charge is 0.261 e. The number of benzene rings is 2. The minimum absolute atomic E-state index is 0.0136. The van der Waals surface area contributed by atoms with E-state index in [1.165, 1.54) is 18.2 Å². The van der Waals surface area contributed by atoms with Crippen molar-refractivity contribution in [3.8, 4) is 11.5 Å². The van der Waals surface area contributed by atoms with E-state index in [1.54, 1.807) is 18.2 Å². The topological polar surface area (TPSA) is 43.4 Å². The van der Waals surface area contributed by atoms with Gasteiger partial charge in [-0.05, 0) is 52.3 Å². The molecular weight excluding hydrogens is 455 g/mol. The highest BCUT2D eigenvalue weighted by molar-refractivity contribution is 9.10. The predicted molar refractivity (Wildman–Crippen MR) is 86.4 cm³/mol. The molecule has 0 atom stereocenters. The minimum Gasteiger partial charge on any atom is -0.455 e. The molecule has 0 N–H and O–H groups in total. The lowest BCUT2D eigenvalue weighted by molar-refractivity contribution is 0.479. The molecule has 0 aliphatic heterocycles. The Kier molecular flexibility index (Phi) is 5.02. The number of rotatable bonds is 3. The van der Waals surface area contributed by atoms with Crippen LogP contribution in [0, 0.1) is 0 Å². The summed E-state index contributed by atoms with van der Waals surface area (Å²) in [6.07, 6.45) is 0. The van der Waals surface area contributed by atoms with Gasteiger partial charge in [-0.3, -0.25) is 0 Å². The van der Waals surface area contributed by atoms with E-state index in [-0.39, 0.29) is 4.90 Å². The highest BCUT2D eigenvalue weighted by Crippen LogP contribution is 2.36. The van der Waals surface area contributed by atoms with Crippen molar-refractivity contribution >= 4 is 63.2 Å². The summed E-state index contributed by atoms with van der Waals surface area (Å²) in [5.41, 5.74) is 0. The van der Waals surface area contributed by atoms with Gasteiger partial charge in [0.25, 0.3) is 9.05 Å². The molecule has 2 rings (SSSR count). The van der Waals surface area contributed by atoms with Crippen molar-refractivity contribution in [2.45, 2.75) is 4.90 Å². The van der Waals surface area contributed by atoms with E-state index in [0.29, 0.717) is 21.0 Å². The van der Waals surface area contributed by atoms with Gasteiger partial charge >= 0.3 is 0 Å². The van der Waals surface area contributed by atoms with Crippen molar-refractivity contribution in [1.29, 1.82) is 0 Å². The molecular formula is C12H6Br2Cl2O3S. The number of hydrogen-bond donors (Lipinski definition) is 0. The van der Waals surface area contributed by atoms with Crippen molar-refractivity contribution in [1.82, 2.24) is 0 Å². The summed E-state index contributed by atoms with van der Waals surface area (Å²) in [4.78, 5) is -0.0136. The molecule has 0 radical (unpaired) electrons. The van der Waals surface area contributed by atoms with Crippen LogP contribution in [0.2, 0.25) is 5.02 Å². The quantitative estimate of drug-likeness (QED) is 0.561. The molecule has 0 aromatic heterocycles. The van der Waals surface area contributed by atoms with E-state index in [9.17, 15) is 8.42 Å². The maximum atomic E-state index is 11.2. The fourth-order valence-electron chi connectivity index (χ4n) is 1.39. The SMILES string of the molecule is O=S(=O)(Cl)c1ccc(Oc2ccc(Br)cc2Cl)c(Br)c1. The average molecular weight is 461 g/mol. The van der Waals surface area contributed by atoms with Crippen LogP contribution in [0.4, 0.5) is 0 Å². The predicted octanol–water partition coefficient (Wildman–Crippen LogP) is 5.58. The zero-order valence-electron chi connectivity index (χ0n) is 9.61. The average Bonchev–Trinajstić information content (AvgIpc) is 2.33. The van der Waals surface area contributed by atoms with Crippen molar-refractivity contribution in [3.63, 3.8) is 0 Å². The van der Waals surface area contributed by atoms with Gasteiger partial charge in [0, 0.05) is 15.2 Å². The second-order valence-electron chi connectivity index (χ2n) is 3.71. The zero-order chi connectivity index (χ0) is 14.9. The number of ether oxygens (including phenoxy) is 1. The van der Waals surface area contributed by atoms with Crippen LogP contribution < -0.4 is 4.74 Å². The molecule has 8 heteroatoms. The first kappa shape index (κ1) is 16.1. The Morgan fingerprint density at radius 2 is 1.65 bits per heavy atom. The van der Waals surface area contributed by atoms with Crippen molar-refractivity contribution in [3.05, 3.63) is 50.4 Å². The van der Waals surface area contributed by atoms with E-state index in [4.69, 9.17) is 27.0 Å². The molecule has 2 aromatic carbocycles. The van der Waals surface area contributed by atoms with Gasteiger partial charge in [0.05, 0.1) is 14.4 Å². The van der Waals surface area contributed by atoms with Crippen LogP contribution in [0.3, 0.4) is 0 Å². The number of hydrogen-bond acceptors (Lipinski definition) is 3. The number of halogens is 4. The summed E-state index contributed by atoms with van der Waals surface area (Å²) in [5, 5.41) is 0.431. The van der Waals surface area contributed by atoms with Gasteiger partial charge in [-0.1, -0.05) is 27.5 Å². The fraction of sp³-hybridized carbons (Fsp3) is 0. The van der Waals surface area contributed by atoms with E-state index in [0.717, 1.165) is 4.47 Å². The second-order valence-corrected chi connectivity index (χ2v) is 8.45.